The van der Waals surface area contributed by atoms with Crippen LogP contribution in [0.25, 0.3) is 11.8 Å². The second-order valence-electron chi connectivity index (χ2n) is 6.43. The van der Waals surface area contributed by atoms with Gasteiger partial charge in [-0.05, 0) is 49.8 Å². The lowest BCUT2D eigenvalue weighted by Gasteiger charge is -2.09. The van der Waals surface area contributed by atoms with E-state index in [9.17, 15) is 20.2 Å². The summed E-state index contributed by atoms with van der Waals surface area (Å²) in [5, 5.41) is 23.2. The molecule has 1 heterocycles. The zero-order valence-corrected chi connectivity index (χ0v) is 15.9. The molecule has 0 saturated carbocycles. The SMILES string of the molecule is Cc1cc(/C=C(/C#N)C(=O)Nc2ccccc2)c(C)n1-c1cccc([N+](=O)[O-])c1. The fourth-order valence-electron chi connectivity index (χ4n) is 3.10. The molecule has 0 aliphatic heterocycles. The lowest BCUT2D eigenvalue weighted by molar-refractivity contribution is -0.384. The molecule has 7 heteroatoms. The van der Waals surface area contributed by atoms with Crippen LogP contribution in [0.3, 0.4) is 0 Å². The zero-order valence-electron chi connectivity index (χ0n) is 15.9. The third-order valence-corrected chi connectivity index (χ3v) is 4.47. The largest absolute Gasteiger partial charge is 0.321 e. The summed E-state index contributed by atoms with van der Waals surface area (Å²) in [4.78, 5) is 23.1. The number of nitro groups is 1. The predicted molar refractivity (Wildman–Crippen MR) is 111 cm³/mol. The Kier molecular flexibility index (Phi) is 5.56. The Morgan fingerprint density at radius 2 is 1.86 bits per heavy atom. The van der Waals surface area contributed by atoms with E-state index >= 15 is 0 Å². The number of aryl methyl sites for hydroxylation is 1. The molecule has 3 rings (SSSR count). The number of anilines is 1. The van der Waals surface area contributed by atoms with Gasteiger partial charge in [0.05, 0.1) is 10.6 Å². The van der Waals surface area contributed by atoms with Gasteiger partial charge in [0, 0.05) is 29.2 Å². The van der Waals surface area contributed by atoms with Gasteiger partial charge in [-0.15, -0.1) is 0 Å². The van der Waals surface area contributed by atoms with E-state index in [2.05, 4.69) is 5.32 Å². The van der Waals surface area contributed by atoms with E-state index in [4.69, 9.17) is 0 Å². The molecule has 0 atom stereocenters. The molecule has 3 aromatic rings. The number of non-ortho nitro benzene ring substituents is 1. The van der Waals surface area contributed by atoms with E-state index in [0.29, 0.717) is 16.9 Å². The van der Waals surface area contributed by atoms with Gasteiger partial charge in [0.25, 0.3) is 11.6 Å². The monoisotopic (exact) mass is 386 g/mol. The van der Waals surface area contributed by atoms with Crippen molar-refractivity contribution in [3.05, 3.63) is 93.3 Å². The third kappa shape index (κ3) is 4.22. The summed E-state index contributed by atoms with van der Waals surface area (Å²) >= 11 is 0. The first-order valence-electron chi connectivity index (χ1n) is 8.82. The maximum Gasteiger partial charge on any atom is 0.271 e. The van der Waals surface area contributed by atoms with Gasteiger partial charge in [0.2, 0.25) is 0 Å². The molecular weight excluding hydrogens is 368 g/mol. The minimum absolute atomic E-state index is 0.00737. The van der Waals surface area contributed by atoms with E-state index < -0.39 is 10.8 Å². The Morgan fingerprint density at radius 1 is 1.14 bits per heavy atom. The van der Waals surface area contributed by atoms with E-state index in [1.807, 2.05) is 36.6 Å². The van der Waals surface area contributed by atoms with Gasteiger partial charge in [-0.3, -0.25) is 14.9 Å². The molecule has 2 aromatic carbocycles. The van der Waals surface area contributed by atoms with Crippen molar-refractivity contribution in [1.82, 2.24) is 4.57 Å². The van der Waals surface area contributed by atoms with Gasteiger partial charge in [-0.25, -0.2) is 0 Å². The topological polar surface area (TPSA) is 101 Å². The van der Waals surface area contributed by atoms with Crippen molar-refractivity contribution in [2.45, 2.75) is 13.8 Å². The van der Waals surface area contributed by atoms with Crippen LogP contribution in [0.2, 0.25) is 0 Å². The number of carbonyl (C=O) groups excluding carboxylic acids is 1. The fraction of sp³-hybridized carbons (Fsp3) is 0.0909. The summed E-state index contributed by atoms with van der Waals surface area (Å²) in [6.07, 6.45) is 1.52. The van der Waals surface area contributed by atoms with Crippen LogP contribution in [0.1, 0.15) is 17.0 Å². The summed E-state index contributed by atoms with van der Waals surface area (Å²) in [5.41, 5.74) is 3.48. The van der Waals surface area contributed by atoms with Gasteiger partial charge >= 0.3 is 0 Å². The summed E-state index contributed by atoms with van der Waals surface area (Å²) in [5.74, 6) is -0.501. The fourth-order valence-corrected chi connectivity index (χ4v) is 3.10. The lowest BCUT2D eigenvalue weighted by atomic mass is 10.1. The first-order chi connectivity index (χ1) is 13.9. The number of nitro benzene ring substituents is 1. The first-order valence-corrected chi connectivity index (χ1v) is 8.82. The molecule has 0 bridgehead atoms. The molecule has 0 aliphatic carbocycles. The second kappa shape index (κ2) is 8.23. The molecule has 29 heavy (non-hydrogen) atoms. The standard InChI is InChI=1S/C22H18N4O3/c1-15-11-17(12-18(14-23)22(27)24-19-7-4-3-5-8-19)16(2)25(15)20-9-6-10-21(13-20)26(28)29/h3-13H,1-2H3,(H,24,27)/b18-12-. The van der Waals surface area contributed by atoms with E-state index in [1.165, 1.54) is 18.2 Å². The van der Waals surface area contributed by atoms with Crippen molar-refractivity contribution >= 4 is 23.4 Å². The number of nitriles is 1. The van der Waals surface area contributed by atoms with E-state index in [-0.39, 0.29) is 11.3 Å². The van der Waals surface area contributed by atoms with Gasteiger partial charge in [0.1, 0.15) is 11.6 Å². The molecule has 144 valence electrons. The van der Waals surface area contributed by atoms with Crippen LogP contribution in [0, 0.1) is 35.3 Å². The molecule has 0 spiro atoms. The molecule has 0 unspecified atom stereocenters. The Balaban J connectivity index is 1.96. The average molecular weight is 386 g/mol. The Labute approximate surface area is 167 Å². The average Bonchev–Trinajstić information content (AvgIpc) is 2.99. The Morgan fingerprint density at radius 3 is 2.52 bits per heavy atom. The van der Waals surface area contributed by atoms with Crippen molar-refractivity contribution in [1.29, 1.82) is 5.26 Å². The molecule has 7 nitrogen and oxygen atoms in total. The Hall–Kier alpha value is -4.18. The van der Waals surface area contributed by atoms with Gasteiger partial charge in [0.15, 0.2) is 0 Å². The highest BCUT2D eigenvalue weighted by Gasteiger charge is 2.15. The number of benzene rings is 2. The van der Waals surface area contributed by atoms with E-state index in [1.54, 1.807) is 36.4 Å². The highest BCUT2D eigenvalue weighted by atomic mass is 16.6. The highest BCUT2D eigenvalue weighted by molar-refractivity contribution is 6.09. The van der Waals surface area contributed by atoms with Crippen molar-refractivity contribution in [3.63, 3.8) is 0 Å². The molecule has 0 saturated heterocycles. The molecule has 1 N–H and O–H groups in total. The normalized spacial score (nSPS) is 11.0. The van der Waals surface area contributed by atoms with Crippen molar-refractivity contribution in [2.24, 2.45) is 0 Å². The molecule has 1 amide bonds. The number of aromatic nitrogens is 1. The maximum atomic E-state index is 12.5. The molecular formula is C22H18N4O3. The van der Waals surface area contributed by atoms with Crippen LogP contribution in [-0.4, -0.2) is 15.4 Å². The summed E-state index contributed by atoms with van der Waals surface area (Å²) in [7, 11) is 0. The van der Waals surface area contributed by atoms with E-state index in [0.717, 1.165) is 11.4 Å². The molecule has 0 radical (unpaired) electrons. The number of amides is 1. The molecule has 0 aliphatic rings. The minimum Gasteiger partial charge on any atom is -0.321 e. The smallest absolute Gasteiger partial charge is 0.271 e. The number of hydrogen-bond donors (Lipinski definition) is 1. The Bertz CT molecular complexity index is 1150. The maximum absolute atomic E-state index is 12.5. The second-order valence-corrected chi connectivity index (χ2v) is 6.43. The number of para-hydroxylation sites is 1. The quantitative estimate of drug-likeness (QED) is 0.301. The zero-order chi connectivity index (χ0) is 21.0. The number of hydrogen-bond acceptors (Lipinski definition) is 4. The molecule has 0 fully saturated rings. The van der Waals surface area contributed by atoms with Crippen LogP contribution in [-0.2, 0) is 4.79 Å². The van der Waals surface area contributed by atoms with Crippen molar-refractivity contribution in [2.75, 3.05) is 5.32 Å². The lowest BCUT2D eigenvalue weighted by Crippen LogP contribution is -2.13. The number of rotatable bonds is 5. The van der Waals surface area contributed by atoms with Crippen LogP contribution in [0.5, 0.6) is 0 Å². The molecule has 1 aromatic heterocycles. The number of carbonyl (C=O) groups is 1. The van der Waals surface area contributed by atoms with Gasteiger partial charge < -0.3 is 9.88 Å². The summed E-state index contributed by atoms with van der Waals surface area (Å²) < 4.78 is 1.85. The highest BCUT2D eigenvalue weighted by Crippen LogP contribution is 2.25. The van der Waals surface area contributed by atoms with Crippen LogP contribution in [0.15, 0.2) is 66.2 Å². The number of nitrogens with zero attached hydrogens (tertiary/aromatic N) is 3. The summed E-state index contributed by atoms with van der Waals surface area (Å²) in [6.45, 7) is 3.70. The summed E-state index contributed by atoms with van der Waals surface area (Å²) in [6, 6.07) is 19.0. The van der Waals surface area contributed by atoms with Gasteiger partial charge in [-0.1, -0.05) is 24.3 Å². The number of nitrogens with one attached hydrogen (secondary N) is 1. The van der Waals surface area contributed by atoms with Crippen molar-refractivity contribution in [3.8, 4) is 11.8 Å². The van der Waals surface area contributed by atoms with Crippen LogP contribution < -0.4 is 5.32 Å². The minimum atomic E-state index is -0.501. The predicted octanol–water partition coefficient (Wildman–Crippen LogP) is 4.55. The third-order valence-electron chi connectivity index (χ3n) is 4.47. The van der Waals surface area contributed by atoms with Gasteiger partial charge in [-0.2, -0.15) is 5.26 Å². The van der Waals surface area contributed by atoms with Crippen LogP contribution in [0.4, 0.5) is 11.4 Å². The van der Waals surface area contributed by atoms with Crippen LogP contribution >= 0.6 is 0 Å². The van der Waals surface area contributed by atoms with Crippen molar-refractivity contribution < 1.29 is 9.72 Å². The first kappa shape index (κ1) is 19.6.